The second-order valence-electron chi connectivity index (χ2n) is 2.68. The minimum atomic E-state index is -0.973. The summed E-state index contributed by atoms with van der Waals surface area (Å²) in [6.07, 6.45) is 0. The maximum atomic E-state index is 10.6. The van der Waals surface area contributed by atoms with E-state index in [0.29, 0.717) is 26.3 Å². The maximum absolute atomic E-state index is 10.6. The summed E-state index contributed by atoms with van der Waals surface area (Å²) in [5.74, 6) is -0.973. The smallest absolute Gasteiger partial charge is 0.323 e. The standard InChI is InChI=1S/C7H13NO4/c9-5-6(7(10)11)8-1-3-12-4-2-8/h6,9H,1-5H2,(H,10,11). The zero-order valence-electron chi connectivity index (χ0n) is 6.77. The van der Waals surface area contributed by atoms with Crippen molar-refractivity contribution < 1.29 is 19.7 Å². The number of rotatable bonds is 3. The van der Waals surface area contributed by atoms with E-state index in [9.17, 15) is 4.79 Å². The molecule has 1 unspecified atom stereocenters. The first-order valence-electron chi connectivity index (χ1n) is 3.91. The highest BCUT2D eigenvalue weighted by molar-refractivity contribution is 5.73. The molecular weight excluding hydrogens is 162 g/mol. The van der Waals surface area contributed by atoms with Crippen molar-refractivity contribution >= 4 is 5.97 Å². The molecule has 1 atom stereocenters. The molecule has 12 heavy (non-hydrogen) atoms. The molecule has 0 aromatic heterocycles. The lowest BCUT2D eigenvalue weighted by atomic mass is 10.2. The van der Waals surface area contributed by atoms with Crippen molar-refractivity contribution in [3.63, 3.8) is 0 Å². The average molecular weight is 175 g/mol. The number of nitrogens with zero attached hydrogens (tertiary/aromatic N) is 1. The first-order chi connectivity index (χ1) is 5.75. The second kappa shape index (κ2) is 4.39. The fourth-order valence-electron chi connectivity index (χ4n) is 1.24. The molecule has 0 spiro atoms. The van der Waals surface area contributed by atoms with Crippen LogP contribution < -0.4 is 0 Å². The van der Waals surface area contributed by atoms with Gasteiger partial charge in [-0.05, 0) is 0 Å². The molecule has 1 aliphatic rings. The third-order valence-electron chi connectivity index (χ3n) is 1.94. The third-order valence-corrected chi connectivity index (χ3v) is 1.94. The van der Waals surface area contributed by atoms with Crippen LogP contribution in [0.15, 0.2) is 0 Å². The van der Waals surface area contributed by atoms with Gasteiger partial charge >= 0.3 is 5.97 Å². The molecule has 0 aliphatic carbocycles. The summed E-state index contributed by atoms with van der Waals surface area (Å²) in [6, 6.07) is -0.770. The Morgan fingerprint density at radius 1 is 1.50 bits per heavy atom. The molecule has 0 amide bonds. The summed E-state index contributed by atoms with van der Waals surface area (Å²) in [4.78, 5) is 12.3. The molecule has 1 saturated heterocycles. The van der Waals surface area contributed by atoms with Crippen LogP contribution in [0, 0.1) is 0 Å². The predicted molar refractivity (Wildman–Crippen MR) is 40.9 cm³/mol. The van der Waals surface area contributed by atoms with Gasteiger partial charge in [0.2, 0.25) is 0 Å². The van der Waals surface area contributed by atoms with Crippen LogP contribution in [0.25, 0.3) is 0 Å². The SMILES string of the molecule is O=C(O)C(CO)N1CCOCC1. The van der Waals surface area contributed by atoms with E-state index in [1.807, 2.05) is 0 Å². The molecule has 0 aromatic carbocycles. The zero-order valence-corrected chi connectivity index (χ0v) is 6.77. The summed E-state index contributed by atoms with van der Waals surface area (Å²) in [5.41, 5.74) is 0. The quantitative estimate of drug-likeness (QED) is 0.561. The maximum Gasteiger partial charge on any atom is 0.323 e. The van der Waals surface area contributed by atoms with Gasteiger partial charge < -0.3 is 14.9 Å². The molecule has 0 aromatic rings. The monoisotopic (exact) mass is 175 g/mol. The van der Waals surface area contributed by atoms with Crippen molar-refractivity contribution in [1.82, 2.24) is 4.90 Å². The number of carboxylic acid groups (broad SMARTS) is 1. The van der Waals surface area contributed by atoms with E-state index < -0.39 is 12.0 Å². The highest BCUT2D eigenvalue weighted by atomic mass is 16.5. The lowest BCUT2D eigenvalue weighted by Crippen LogP contribution is -2.49. The first-order valence-corrected chi connectivity index (χ1v) is 3.91. The second-order valence-corrected chi connectivity index (χ2v) is 2.68. The molecule has 1 heterocycles. The van der Waals surface area contributed by atoms with Gasteiger partial charge in [-0.2, -0.15) is 0 Å². The number of aliphatic hydroxyl groups is 1. The number of aliphatic hydroxyl groups excluding tert-OH is 1. The summed E-state index contributed by atoms with van der Waals surface area (Å²) >= 11 is 0. The first kappa shape index (κ1) is 9.44. The van der Waals surface area contributed by atoms with Crippen LogP contribution in [0.1, 0.15) is 0 Å². The molecule has 70 valence electrons. The Morgan fingerprint density at radius 3 is 2.50 bits per heavy atom. The molecule has 0 radical (unpaired) electrons. The topological polar surface area (TPSA) is 70.0 Å². The van der Waals surface area contributed by atoms with Gasteiger partial charge in [-0.15, -0.1) is 0 Å². The van der Waals surface area contributed by atoms with Crippen LogP contribution in [-0.4, -0.2) is 60.0 Å². The van der Waals surface area contributed by atoms with E-state index in [4.69, 9.17) is 14.9 Å². The Labute approximate surface area is 70.5 Å². The highest BCUT2D eigenvalue weighted by Gasteiger charge is 2.25. The zero-order chi connectivity index (χ0) is 8.97. The summed E-state index contributed by atoms with van der Waals surface area (Å²) in [6.45, 7) is 1.91. The van der Waals surface area contributed by atoms with Crippen LogP contribution in [0.2, 0.25) is 0 Å². The number of morpholine rings is 1. The van der Waals surface area contributed by atoms with E-state index >= 15 is 0 Å². The van der Waals surface area contributed by atoms with Gasteiger partial charge in [0.15, 0.2) is 0 Å². The fraction of sp³-hybridized carbons (Fsp3) is 0.857. The Bertz CT molecular complexity index is 155. The number of ether oxygens (including phenoxy) is 1. The van der Waals surface area contributed by atoms with Crippen molar-refractivity contribution in [1.29, 1.82) is 0 Å². The Morgan fingerprint density at radius 2 is 2.08 bits per heavy atom. The fourth-order valence-corrected chi connectivity index (χ4v) is 1.24. The number of carboxylic acids is 1. The summed E-state index contributed by atoms with van der Waals surface area (Å²) in [5, 5.41) is 17.5. The summed E-state index contributed by atoms with van der Waals surface area (Å²) in [7, 11) is 0. The molecule has 1 rings (SSSR count). The van der Waals surface area contributed by atoms with E-state index in [1.54, 1.807) is 4.90 Å². The number of hydrogen-bond donors (Lipinski definition) is 2. The lowest BCUT2D eigenvalue weighted by Gasteiger charge is -2.30. The van der Waals surface area contributed by atoms with Gasteiger partial charge in [-0.25, -0.2) is 0 Å². The highest BCUT2D eigenvalue weighted by Crippen LogP contribution is 2.03. The predicted octanol–water partition coefficient (Wildman–Crippen LogP) is -1.24. The van der Waals surface area contributed by atoms with E-state index in [2.05, 4.69) is 0 Å². The lowest BCUT2D eigenvalue weighted by molar-refractivity contribution is -0.146. The van der Waals surface area contributed by atoms with Crippen LogP contribution in [-0.2, 0) is 9.53 Å². The van der Waals surface area contributed by atoms with Gasteiger partial charge in [-0.3, -0.25) is 9.69 Å². The van der Waals surface area contributed by atoms with Crippen molar-refractivity contribution in [2.24, 2.45) is 0 Å². The van der Waals surface area contributed by atoms with Crippen molar-refractivity contribution in [3.05, 3.63) is 0 Å². The molecule has 1 fully saturated rings. The van der Waals surface area contributed by atoms with Gasteiger partial charge in [0.05, 0.1) is 19.8 Å². The Hall–Kier alpha value is -0.650. The Balaban J connectivity index is 2.46. The molecule has 0 saturated carbocycles. The van der Waals surface area contributed by atoms with E-state index in [0.717, 1.165) is 0 Å². The average Bonchev–Trinajstić information content (AvgIpc) is 2.07. The van der Waals surface area contributed by atoms with Crippen LogP contribution >= 0.6 is 0 Å². The third kappa shape index (κ3) is 2.17. The molecule has 1 aliphatic heterocycles. The van der Waals surface area contributed by atoms with Gasteiger partial charge in [0.1, 0.15) is 6.04 Å². The van der Waals surface area contributed by atoms with Crippen LogP contribution in [0.5, 0.6) is 0 Å². The molecule has 5 heteroatoms. The van der Waals surface area contributed by atoms with Crippen molar-refractivity contribution in [3.8, 4) is 0 Å². The summed E-state index contributed by atoms with van der Waals surface area (Å²) < 4.78 is 5.06. The molecule has 2 N–H and O–H groups in total. The Kier molecular flexibility index (Phi) is 3.46. The molecule has 5 nitrogen and oxygen atoms in total. The number of hydrogen-bond acceptors (Lipinski definition) is 4. The largest absolute Gasteiger partial charge is 0.480 e. The van der Waals surface area contributed by atoms with Crippen molar-refractivity contribution in [2.45, 2.75) is 6.04 Å². The number of aliphatic carboxylic acids is 1. The van der Waals surface area contributed by atoms with Gasteiger partial charge in [0, 0.05) is 13.1 Å². The van der Waals surface area contributed by atoms with E-state index in [-0.39, 0.29) is 6.61 Å². The van der Waals surface area contributed by atoms with E-state index in [1.165, 1.54) is 0 Å². The van der Waals surface area contributed by atoms with Crippen LogP contribution in [0.3, 0.4) is 0 Å². The van der Waals surface area contributed by atoms with Gasteiger partial charge in [0.25, 0.3) is 0 Å². The van der Waals surface area contributed by atoms with Gasteiger partial charge in [-0.1, -0.05) is 0 Å². The minimum Gasteiger partial charge on any atom is -0.480 e. The normalized spacial score (nSPS) is 22.1. The number of carbonyl (C=O) groups is 1. The van der Waals surface area contributed by atoms with Crippen molar-refractivity contribution in [2.75, 3.05) is 32.9 Å². The minimum absolute atomic E-state index is 0.338. The van der Waals surface area contributed by atoms with Crippen LogP contribution in [0.4, 0.5) is 0 Å². The molecular formula is C7H13NO4. The molecule has 0 bridgehead atoms.